The number of thiazole rings is 1. The molecule has 1 unspecified atom stereocenters. The maximum absolute atomic E-state index is 14.4. The number of carboxylic acid groups (broad SMARTS) is 1. The summed E-state index contributed by atoms with van der Waals surface area (Å²) in [6.07, 6.45) is -3.76. The summed E-state index contributed by atoms with van der Waals surface area (Å²) in [7, 11) is 1.62. The maximum atomic E-state index is 14.4. The van der Waals surface area contributed by atoms with Crippen LogP contribution in [0.25, 0.3) is 11.3 Å². The molecule has 1 amide bonds. The van der Waals surface area contributed by atoms with Crippen molar-refractivity contribution in [1.29, 1.82) is 0 Å². The molecule has 0 aliphatic carbocycles. The molecule has 2 heterocycles. The van der Waals surface area contributed by atoms with Gasteiger partial charge in [0, 0.05) is 30.2 Å². The molecule has 0 saturated carbocycles. The summed E-state index contributed by atoms with van der Waals surface area (Å²) < 4.78 is 53.2. The van der Waals surface area contributed by atoms with Gasteiger partial charge >= 0.3 is 12.1 Å². The molecule has 34 heavy (non-hydrogen) atoms. The van der Waals surface area contributed by atoms with Crippen LogP contribution < -0.4 is 10.2 Å². The zero-order valence-electron chi connectivity index (χ0n) is 17.7. The predicted octanol–water partition coefficient (Wildman–Crippen LogP) is 5.57. The lowest BCUT2D eigenvalue weighted by molar-refractivity contribution is -0.140. The van der Waals surface area contributed by atoms with Crippen molar-refractivity contribution in [2.75, 3.05) is 17.3 Å². The van der Waals surface area contributed by atoms with E-state index in [-0.39, 0.29) is 39.2 Å². The van der Waals surface area contributed by atoms with Crippen LogP contribution in [0, 0.1) is 5.82 Å². The normalized spacial score (nSPS) is 12.3. The molecule has 0 saturated heterocycles. The van der Waals surface area contributed by atoms with Crippen molar-refractivity contribution >= 4 is 45.8 Å². The average Bonchev–Trinajstić information content (AvgIpc) is 3.20. The van der Waals surface area contributed by atoms with E-state index in [9.17, 15) is 27.2 Å². The highest BCUT2D eigenvalue weighted by molar-refractivity contribution is 7.14. The minimum atomic E-state index is -4.86. The van der Waals surface area contributed by atoms with E-state index < -0.39 is 35.5 Å². The van der Waals surface area contributed by atoms with Gasteiger partial charge in [-0.1, -0.05) is 17.7 Å². The molecule has 2 aromatic heterocycles. The number of carbonyl (C=O) groups excluding carboxylic acids is 1. The second-order valence-corrected chi connectivity index (χ2v) is 8.51. The summed E-state index contributed by atoms with van der Waals surface area (Å²) in [6.45, 7) is 1.68. The minimum Gasteiger partial charge on any atom is -0.481 e. The van der Waals surface area contributed by atoms with Gasteiger partial charge in [0.05, 0.1) is 28.3 Å². The SMILES string of the molecule is CC(CC(=O)O)N(C)c1ncc(C(=O)Nc2nc(-c3cccc(C(F)(F)F)c3F)cs2)cc1Cl. The quantitative estimate of drug-likeness (QED) is 0.399. The summed E-state index contributed by atoms with van der Waals surface area (Å²) in [5, 5.41) is 12.9. The first kappa shape index (κ1) is 25.4. The third-order valence-electron chi connectivity index (χ3n) is 4.85. The zero-order chi connectivity index (χ0) is 25.2. The van der Waals surface area contributed by atoms with Gasteiger partial charge in [0.15, 0.2) is 5.13 Å². The standard InChI is InChI=1S/C21H17ClF4N4O3S/c1-10(6-16(31)32)30(2)18-14(22)7-11(8-27-18)19(33)29-20-28-15(9-34-20)12-4-3-5-13(17(12)23)21(24,25)26/h3-5,7-10H,6H2,1-2H3,(H,31,32)(H,28,29,33). The van der Waals surface area contributed by atoms with Crippen molar-refractivity contribution < 1.29 is 32.3 Å². The van der Waals surface area contributed by atoms with Crippen LogP contribution in [0.2, 0.25) is 5.02 Å². The van der Waals surface area contributed by atoms with Crippen LogP contribution in [0.3, 0.4) is 0 Å². The van der Waals surface area contributed by atoms with Gasteiger partial charge in [-0.05, 0) is 25.1 Å². The summed E-state index contributed by atoms with van der Waals surface area (Å²) in [5.74, 6) is -2.80. The van der Waals surface area contributed by atoms with E-state index in [2.05, 4.69) is 15.3 Å². The van der Waals surface area contributed by atoms with Crippen LogP contribution in [0.4, 0.5) is 28.5 Å². The Balaban J connectivity index is 1.77. The van der Waals surface area contributed by atoms with E-state index in [4.69, 9.17) is 16.7 Å². The molecule has 0 aliphatic heterocycles. The molecule has 3 rings (SSSR count). The number of nitrogens with zero attached hydrogens (tertiary/aromatic N) is 3. The van der Waals surface area contributed by atoms with Gasteiger partial charge in [0.25, 0.3) is 5.91 Å². The Morgan fingerprint density at radius 3 is 2.65 bits per heavy atom. The molecule has 1 aromatic carbocycles. The van der Waals surface area contributed by atoms with Crippen LogP contribution in [0.5, 0.6) is 0 Å². The van der Waals surface area contributed by atoms with Crippen LogP contribution in [0.1, 0.15) is 29.3 Å². The number of hydrogen-bond donors (Lipinski definition) is 2. The summed E-state index contributed by atoms with van der Waals surface area (Å²) >= 11 is 7.13. The highest BCUT2D eigenvalue weighted by atomic mass is 35.5. The molecule has 0 radical (unpaired) electrons. The van der Waals surface area contributed by atoms with Crippen molar-refractivity contribution in [3.05, 3.63) is 57.8 Å². The number of rotatable bonds is 7. The van der Waals surface area contributed by atoms with Crippen molar-refractivity contribution in [3.63, 3.8) is 0 Å². The molecule has 0 spiro atoms. The van der Waals surface area contributed by atoms with E-state index in [1.807, 2.05) is 0 Å². The fourth-order valence-electron chi connectivity index (χ4n) is 2.99. The average molecular weight is 517 g/mol. The third kappa shape index (κ3) is 5.62. The van der Waals surface area contributed by atoms with Crippen molar-refractivity contribution in [1.82, 2.24) is 9.97 Å². The van der Waals surface area contributed by atoms with Crippen molar-refractivity contribution in [3.8, 4) is 11.3 Å². The Kier molecular flexibility index (Phi) is 7.41. The number of hydrogen-bond acceptors (Lipinski definition) is 6. The lowest BCUT2D eigenvalue weighted by atomic mass is 10.1. The van der Waals surface area contributed by atoms with E-state index in [1.165, 1.54) is 17.6 Å². The number of halogens is 5. The van der Waals surface area contributed by atoms with Gasteiger partial charge in [-0.3, -0.25) is 14.9 Å². The minimum absolute atomic E-state index is 0.0317. The Bertz CT molecular complexity index is 1230. The number of amides is 1. The highest BCUT2D eigenvalue weighted by Crippen LogP contribution is 2.36. The first-order chi connectivity index (χ1) is 15.9. The number of anilines is 2. The van der Waals surface area contributed by atoms with Gasteiger partial charge in [-0.15, -0.1) is 11.3 Å². The lowest BCUT2D eigenvalue weighted by Crippen LogP contribution is -2.32. The molecule has 0 fully saturated rings. The van der Waals surface area contributed by atoms with Crippen molar-refractivity contribution in [2.45, 2.75) is 25.6 Å². The molecular weight excluding hydrogens is 500 g/mol. The maximum Gasteiger partial charge on any atom is 0.419 e. The van der Waals surface area contributed by atoms with Crippen LogP contribution >= 0.6 is 22.9 Å². The van der Waals surface area contributed by atoms with Gasteiger partial charge < -0.3 is 10.0 Å². The van der Waals surface area contributed by atoms with Crippen LogP contribution in [0.15, 0.2) is 35.8 Å². The number of aliphatic carboxylic acids is 1. The first-order valence-electron chi connectivity index (χ1n) is 9.61. The van der Waals surface area contributed by atoms with Gasteiger partial charge in [-0.25, -0.2) is 14.4 Å². The molecule has 180 valence electrons. The van der Waals surface area contributed by atoms with Gasteiger partial charge in [0.2, 0.25) is 0 Å². The number of aromatic nitrogens is 2. The van der Waals surface area contributed by atoms with Gasteiger partial charge in [-0.2, -0.15) is 13.2 Å². The van der Waals surface area contributed by atoms with E-state index >= 15 is 0 Å². The number of alkyl halides is 3. The monoisotopic (exact) mass is 516 g/mol. The Hall–Kier alpha value is -3.25. The molecule has 2 N–H and O–H groups in total. The number of carbonyl (C=O) groups is 2. The van der Waals surface area contributed by atoms with E-state index in [0.717, 1.165) is 23.5 Å². The Morgan fingerprint density at radius 2 is 2.03 bits per heavy atom. The number of benzene rings is 1. The molecular formula is C21H17ClF4N4O3S. The third-order valence-corrected chi connectivity index (χ3v) is 5.89. The lowest BCUT2D eigenvalue weighted by Gasteiger charge is -2.25. The van der Waals surface area contributed by atoms with Crippen LogP contribution in [-0.4, -0.2) is 40.0 Å². The molecule has 0 aliphatic rings. The second-order valence-electron chi connectivity index (χ2n) is 7.24. The fraction of sp³-hybridized carbons (Fsp3) is 0.238. The second kappa shape index (κ2) is 9.94. The molecule has 7 nitrogen and oxygen atoms in total. The topological polar surface area (TPSA) is 95.4 Å². The highest BCUT2D eigenvalue weighted by Gasteiger charge is 2.35. The largest absolute Gasteiger partial charge is 0.481 e. The number of nitrogens with one attached hydrogen (secondary N) is 1. The number of pyridine rings is 1. The smallest absolute Gasteiger partial charge is 0.419 e. The van der Waals surface area contributed by atoms with Crippen molar-refractivity contribution in [2.24, 2.45) is 0 Å². The Labute approximate surface area is 200 Å². The summed E-state index contributed by atoms with van der Waals surface area (Å²) in [6, 6.07) is 3.79. The van der Waals surface area contributed by atoms with Crippen LogP contribution in [-0.2, 0) is 11.0 Å². The fourth-order valence-corrected chi connectivity index (χ4v) is 3.99. The Morgan fingerprint density at radius 1 is 1.32 bits per heavy atom. The molecule has 0 bridgehead atoms. The zero-order valence-corrected chi connectivity index (χ0v) is 19.2. The van der Waals surface area contributed by atoms with E-state index in [1.54, 1.807) is 18.9 Å². The summed E-state index contributed by atoms with van der Waals surface area (Å²) in [4.78, 5) is 33.2. The predicted molar refractivity (Wildman–Crippen MR) is 120 cm³/mol. The number of carboxylic acids is 1. The molecule has 1 atom stereocenters. The van der Waals surface area contributed by atoms with E-state index in [0.29, 0.717) is 6.07 Å². The first-order valence-corrected chi connectivity index (χ1v) is 10.9. The van der Waals surface area contributed by atoms with Gasteiger partial charge in [0.1, 0.15) is 11.6 Å². The summed E-state index contributed by atoms with van der Waals surface area (Å²) in [5.41, 5.74) is -1.76. The molecule has 3 aromatic rings. The molecule has 13 heteroatoms.